The van der Waals surface area contributed by atoms with E-state index in [9.17, 15) is 14.9 Å². The van der Waals surface area contributed by atoms with Crippen LogP contribution < -0.4 is 10.5 Å². The molecule has 0 radical (unpaired) electrons. The van der Waals surface area contributed by atoms with E-state index in [0.717, 1.165) is 49.3 Å². The molecule has 1 aromatic heterocycles. The number of carbonyl (C=O) groups is 1. The van der Waals surface area contributed by atoms with Crippen LogP contribution in [-0.4, -0.2) is 32.8 Å². The second-order valence-electron chi connectivity index (χ2n) is 10.7. The van der Waals surface area contributed by atoms with Crippen LogP contribution >= 0.6 is 24.0 Å². The van der Waals surface area contributed by atoms with Gasteiger partial charge in [-0.1, -0.05) is 84.6 Å². The molecule has 1 unspecified atom stereocenters. The minimum absolute atomic E-state index is 0.119. The van der Waals surface area contributed by atoms with Gasteiger partial charge >= 0.3 is 0 Å². The Hall–Kier alpha value is -3.67. The lowest BCUT2D eigenvalue weighted by molar-refractivity contribution is -0.123. The maximum absolute atomic E-state index is 13.7. The van der Waals surface area contributed by atoms with Gasteiger partial charge in [0.15, 0.2) is 0 Å². The number of thiocarbonyl (C=S) groups is 1. The van der Waals surface area contributed by atoms with Gasteiger partial charge in [-0.15, -0.1) is 0 Å². The molecule has 2 aliphatic rings. The predicted octanol–water partition coefficient (Wildman–Crippen LogP) is 6.47. The first kappa shape index (κ1) is 28.8. The molecule has 3 heterocycles. The molecule has 1 atom stereocenters. The van der Waals surface area contributed by atoms with Gasteiger partial charge in [0.2, 0.25) is 0 Å². The summed E-state index contributed by atoms with van der Waals surface area (Å²) < 4.78 is 2.20. The molecule has 210 valence electrons. The van der Waals surface area contributed by atoms with Gasteiger partial charge in [-0.25, -0.2) is 0 Å². The highest BCUT2D eigenvalue weighted by Gasteiger charge is 2.37. The molecule has 2 aromatic carbocycles. The molecule has 3 aromatic rings. The Balaban J connectivity index is 1.50. The fourth-order valence-electron chi connectivity index (χ4n) is 5.90. The van der Waals surface area contributed by atoms with Gasteiger partial charge in [-0.05, 0) is 68.7 Å². The van der Waals surface area contributed by atoms with E-state index in [0.29, 0.717) is 27.3 Å². The van der Waals surface area contributed by atoms with Crippen LogP contribution in [0.1, 0.15) is 60.5 Å². The number of nitriles is 1. The number of pyridine rings is 1. The quantitative estimate of drug-likeness (QED) is 0.235. The molecule has 41 heavy (non-hydrogen) atoms. The van der Waals surface area contributed by atoms with Crippen molar-refractivity contribution in [2.24, 2.45) is 5.92 Å². The highest BCUT2D eigenvalue weighted by Crippen LogP contribution is 2.40. The first-order valence-electron chi connectivity index (χ1n) is 14.1. The number of piperidine rings is 1. The maximum Gasteiger partial charge on any atom is 0.270 e. The Labute approximate surface area is 251 Å². The molecule has 2 saturated heterocycles. The van der Waals surface area contributed by atoms with Gasteiger partial charge in [-0.3, -0.25) is 19.1 Å². The van der Waals surface area contributed by atoms with Gasteiger partial charge in [0.1, 0.15) is 21.8 Å². The minimum atomic E-state index is -0.281. The number of rotatable bonds is 7. The van der Waals surface area contributed by atoms with E-state index < -0.39 is 0 Å². The van der Waals surface area contributed by atoms with E-state index in [2.05, 4.69) is 35.2 Å². The average molecular weight is 583 g/mol. The summed E-state index contributed by atoms with van der Waals surface area (Å²) in [6.07, 6.45) is 4.89. The zero-order valence-electron chi connectivity index (χ0n) is 23.7. The van der Waals surface area contributed by atoms with Crippen molar-refractivity contribution in [3.63, 3.8) is 0 Å². The lowest BCUT2D eigenvalue weighted by Crippen LogP contribution is -2.39. The Morgan fingerprint density at radius 3 is 2.32 bits per heavy atom. The molecule has 0 aliphatic carbocycles. The number of amides is 1. The molecular formula is C33H34N4O2S2. The van der Waals surface area contributed by atoms with E-state index in [1.807, 2.05) is 63.2 Å². The number of nitrogens with zero attached hydrogens (tertiary/aromatic N) is 4. The van der Waals surface area contributed by atoms with E-state index >= 15 is 0 Å². The van der Waals surface area contributed by atoms with Crippen molar-refractivity contribution < 1.29 is 4.79 Å². The molecule has 1 amide bonds. The molecule has 6 nitrogen and oxygen atoms in total. The van der Waals surface area contributed by atoms with Crippen LogP contribution in [-0.2, 0) is 17.8 Å². The van der Waals surface area contributed by atoms with E-state index in [4.69, 9.17) is 12.2 Å². The number of hydrogen-bond acceptors (Lipinski definition) is 6. The summed E-state index contributed by atoms with van der Waals surface area (Å²) in [7, 11) is 0. The van der Waals surface area contributed by atoms with Crippen LogP contribution in [0.25, 0.3) is 6.08 Å². The third-order valence-corrected chi connectivity index (χ3v) is 9.54. The van der Waals surface area contributed by atoms with Crippen molar-refractivity contribution in [1.82, 2.24) is 9.47 Å². The van der Waals surface area contributed by atoms with Crippen LogP contribution in [0.15, 0.2) is 70.4 Å². The first-order chi connectivity index (χ1) is 19.8. The van der Waals surface area contributed by atoms with Crippen molar-refractivity contribution in [2.45, 2.75) is 52.6 Å². The fraction of sp³-hybridized carbons (Fsp3) is 0.333. The highest BCUT2D eigenvalue weighted by molar-refractivity contribution is 8.26. The Morgan fingerprint density at radius 2 is 1.71 bits per heavy atom. The molecule has 0 spiro atoms. The van der Waals surface area contributed by atoms with Crippen LogP contribution in [0.5, 0.6) is 0 Å². The van der Waals surface area contributed by atoms with Crippen LogP contribution in [0, 0.1) is 24.2 Å². The molecule has 0 bridgehead atoms. The average Bonchev–Trinajstić information content (AvgIpc) is 3.27. The van der Waals surface area contributed by atoms with Gasteiger partial charge in [0.05, 0.1) is 10.9 Å². The van der Waals surface area contributed by atoms with Crippen LogP contribution in [0.3, 0.4) is 0 Å². The lowest BCUT2D eigenvalue weighted by atomic mass is 9.90. The molecule has 5 rings (SSSR count). The van der Waals surface area contributed by atoms with Gasteiger partial charge in [-0.2, -0.15) is 5.26 Å². The van der Waals surface area contributed by atoms with Crippen molar-refractivity contribution in [2.75, 3.05) is 18.0 Å². The summed E-state index contributed by atoms with van der Waals surface area (Å²) in [6, 6.07) is 22.3. The third-order valence-electron chi connectivity index (χ3n) is 8.21. The molecule has 2 aliphatic heterocycles. The van der Waals surface area contributed by atoms with Crippen LogP contribution in [0.2, 0.25) is 0 Å². The molecule has 2 fully saturated rings. The number of thioether (sulfide) groups is 1. The van der Waals surface area contributed by atoms with E-state index in [1.165, 1.54) is 17.3 Å². The summed E-state index contributed by atoms with van der Waals surface area (Å²) in [6.45, 7) is 7.74. The Kier molecular flexibility index (Phi) is 8.77. The molecule has 0 saturated carbocycles. The fourth-order valence-corrected chi connectivity index (χ4v) is 7.30. The number of benzene rings is 2. The summed E-state index contributed by atoms with van der Waals surface area (Å²) in [5, 5.41) is 9.92. The summed E-state index contributed by atoms with van der Waals surface area (Å²) in [4.78, 5) is 31.6. The topological polar surface area (TPSA) is 69.3 Å². The van der Waals surface area contributed by atoms with E-state index in [-0.39, 0.29) is 23.1 Å². The number of aromatic nitrogens is 1. The second kappa shape index (κ2) is 12.5. The first-order valence-corrected chi connectivity index (χ1v) is 15.3. The number of anilines is 1. The molecular weight excluding hydrogens is 549 g/mol. The molecule has 8 heteroatoms. The predicted molar refractivity (Wildman–Crippen MR) is 171 cm³/mol. The van der Waals surface area contributed by atoms with Gasteiger partial charge < -0.3 is 4.90 Å². The Bertz CT molecular complexity index is 1580. The standard InChI is InChI=1S/C33H34N4O2S2/c1-4-36-30(35-17-15-25(16-18-35)19-24-11-7-5-8-12-24)27(22(2)28(21-34)31(36)38)20-29-32(39)37(33(40)41-29)23(3)26-13-9-6-10-14-26/h5-14,20,23,25H,4,15-19H2,1-3H3/b29-20-. The van der Waals surface area contributed by atoms with Crippen molar-refractivity contribution in [1.29, 1.82) is 5.26 Å². The largest absolute Gasteiger partial charge is 0.357 e. The summed E-state index contributed by atoms with van der Waals surface area (Å²) >= 11 is 6.95. The zero-order valence-corrected chi connectivity index (χ0v) is 25.3. The molecule has 0 N–H and O–H groups in total. The smallest absolute Gasteiger partial charge is 0.270 e. The zero-order chi connectivity index (χ0) is 29.1. The maximum atomic E-state index is 13.7. The Morgan fingerprint density at radius 1 is 1.07 bits per heavy atom. The normalized spacial score (nSPS) is 17.8. The van der Waals surface area contributed by atoms with Crippen molar-refractivity contribution >= 4 is 46.1 Å². The third kappa shape index (κ3) is 5.74. The van der Waals surface area contributed by atoms with Crippen molar-refractivity contribution in [3.05, 3.63) is 104 Å². The summed E-state index contributed by atoms with van der Waals surface area (Å²) in [5.41, 5.74) is 3.54. The van der Waals surface area contributed by atoms with Gasteiger partial charge in [0, 0.05) is 25.2 Å². The van der Waals surface area contributed by atoms with E-state index in [1.54, 1.807) is 9.47 Å². The van der Waals surface area contributed by atoms with Gasteiger partial charge in [0.25, 0.3) is 11.5 Å². The van der Waals surface area contributed by atoms with Crippen LogP contribution in [0.4, 0.5) is 5.82 Å². The highest BCUT2D eigenvalue weighted by atomic mass is 32.2. The SMILES string of the molecule is CCn1c(N2CCC(Cc3ccccc3)CC2)c(/C=C2\SC(=S)N(C(C)c3ccccc3)C2=O)c(C)c(C#N)c1=O. The second-order valence-corrected chi connectivity index (χ2v) is 12.3. The summed E-state index contributed by atoms with van der Waals surface area (Å²) in [5.74, 6) is 1.19. The lowest BCUT2D eigenvalue weighted by Gasteiger charge is -2.36. The monoisotopic (exact) mass is 582 g/mol. The number of carbonyl (C=O) groups excluding carboxylic acids is 1. The van der Waals surface area contributed by atoms with Crippen molar-refractivity contribution in [3.8, 4) is 6.07 Å². The minimum Gasteiger partial charge on any atom is -0.357 e. The number of hydrogen-bond donors (Lipinski definition) is 0.